The Morgan fingerprint density at radius 1 is 0.957 bits per heavy atom. The molecule has 1 amide bonds. The number of nitrogens with zero attached hydrogens (tertiary/aromatic N) is 4. The molecular weight excluding hydrogens is 594 g/mol. The predicted octanol–water partition coefficient (Wildman–Crippen LogP) is 6.34. The largest absolute Gasteiger partial charge is 0.494 e. The van der Waals surface area contributed by atoms with Crippen LogP contribution in [0.1, 0.15) is 59.1 Å². The fourth-order valence-electron chi connectivity index (χ4n) is 6.66. The molecule has 246 valence electrons. The maximum Gasteiger partial charge on any atom is 0.256 e. The smallest absolute Gasteiger partial charge is 0.256 e. The van der Waals surface area contributed by atoms with E-state index in [-0.39, 0.29) is 17.8 Å². The van der Waals surface area contributed by atoms with Crippen LogP contribution in [0.5, 0.6) is 17.4 Å². The summed E-state index contributed by atoms with van der Waals surface area (Å²) in [5, 5.41) is 20.2. The SMILES string of the molecule is COc1ccc([C@@H](CCCNC(=O)c2cnoc2C)n2cc3c(N4CCN([C@H](C)c5ccccc5)CC4)cccc3c2O)cc1OC. The quantitative estimate of drug-likeness (QED) is 0.153. The summed E-state index contributed by atoms with van der Waals surface area (Å²) in [6.07, 6.45) is 4.82. The van der Waals surface area contributed by atoms with Gasteiger partial charge in [0.25, 0.3) is 5.91 Å². The molecule has 2 N–H and O–H groups in total. The van der Waals surface area contributed by atoms with Gasteiger partial charge in [-0.05, 0) is 62.1 Å². The number of methoxy groups -OCH3 is 2. The zero-order valence-electron chi connectivity index (χ0n) is 27.5. The molecule has 0 unspecified atom stereocenters. The van der Waals surface area contributed by atoms with Gasteiger partial charge in [-0.15, -0.1) is 0 Å². The zero-order chi connectivity index (χ0) is 32.9. The van der Waals surface area contributed by atoms with Crippen LogP contribution < -0.4 is 19.7 Å². The molecule has 0 saturated carbocycles. The molecule has 0 radical (unpaired) electrons. The van der Waals surface area contributed by atoms with Crippen molar-refractivity contribution in [3.63, 3.8) is 0 Å². The Balaban J connectivity index is 1.25. The van der Waals surface area contributed by atoms with Crippen molar-refractivity contribution in [3.8, 4) is 17.4 Å². The Bertz CT molecular complexity index is 1810. The maximum atomic E-state index is 12.7. The molecule has 0 spiro atoms. The van der Waals surface area contributed by atoms with Crippen molar-refractivity contribution in [3.05, 3.63) is 102 Å². The summed E-state index contributed by atoms with van der Waals surface area (Å²) >= 11 is 0. The van der Waals surface area contributed by atoms with Crippen LogP contribution in [0.15, 0.2) is 83.6 Å². The van der Waals surface area contributed by atoms with Crippen molar-refractivity contribution in [2.24, 2.45) is 0 Å². The third-order valence-corrected chi connectivity index (χ3v) is 9.38. The van der Waals surface area contributed by atoms with E-state index >= 15 is 0 Å². The first-order chi connectivity index (χ1) is 22.9. The first-order valence-corrected chi connectivity index (χ1v) is 16.2. The van der Waals surface area contributed by atoms with Crippen molar-refractivity contribution >= 4 is 22.4 Å². The number of rotatable bonds is 12. The predicted molar refractivity (Wildman–Crippen MR) is 183 cm³/mol. The highest BCUT2D eigenvalue weighted by molar-refractivity contribution is 5.98. The number of carbonyl (C=O) groups excluding carboxylic acids is 1. The van der Waals surface area contributed by atoms with E-state index in [0.29, 0.717) is 48.3 Å². The summed E-state index contributed by atoms with van der Waals surface area (Å²) in [6.45, 7) is 8.14. The Morgan fingerprint density at radius 2 is 1.72 bits per heavy atom. The van der Waals surface area contributed by atoms with E-state index in [1.165, 1.54) is 11.8 Å². The lowest BCUT2D eigenvalue weighted by Crippen LogP contribution is -2.47. The molecule has 47 heavy (non-hydrogen) atoms. The number of aryl methyl sites for hydroxylation is 1. The fraction of sp³-hybridized carbons (Fsp3) is 0.351. The fourth-order valence-corrected chi connectivity index (χ4v) is 6.66. The number of nitrogens with one attached hydrogen (secondary N) is 1. The van der Waals surface area contributed by atoms with Crippen molar-refractivity contribution in [2.45, 2.75) is 38.8 Å². The average Bonchev–Trinajstić information content (AvgIpc) is 3.70. The molecule has 10 nitrogen and oxygen atoms in total. The van der Waals surface area contributed by atoms with E-state index in [0.717, 1.165) is 48.2 Å². The van der Waals surface area contributed by atoms with E-state index < -0.39 is 0 Å². The zero-order valence-corrected chi connectivity index (χ0v) is 27.5. The van der Waals surface area contributed by atoms with Gasteiger partial charge < -0.3 is 33.9 Å². The molecule has 3 heterocycles. The normalized spacial score (nSPS) is 15.0. The van der Waals surface area contributed by atoms with Crippen LogP contribution in [0.2, 0.25) is 0 Å². The molecule has 1 aliphatic heterocycles. The summed E-state index contributed by atoms with van der Waals surface area (Å²) in [5.41, 5.74) is 3.84. The lowest BCUT2D eigenvalue weighted by molar-refractivity contribution is 0.0951. The standard InChI is InChI=1S/C37H43N5O5/c1-25(27-10-6-5-7-11-27)40-18-20-41(21-19-40)33-13-8-12-29-31(33)24-42(37(29)44)32(28-15-16-34(45-3)35(22-28)46-4)14-9-17-38-36(43)30-23-39-47-26(30)2/h5-8,10-13,15-16,22-25,32,44H,9,14,17-21H2,1-4H3,(H,38,43)/t25-,32-/m1/s1. The molecule has 1 aliphatic rings. The Kier molecular flexibility index (Phi) is 9.68. The van der Waals surface area contributed by atoms with Gasteiger partial charge in [0.05, 0.1) is 26.5 Å². The van der Waals surface area contributed by atoms with Crippen LogP contribution >= 0.6 is 0 Å². The molecule has 0 bridgehead atoms. The number of carbonyl (C=O) groups is 1. The minimum Gasteiger partial charge on any atom is -0.494 e. The minimum atomic E-state index is -0.229. The number of piperazine rings is 1. The second kappa shape index (κ2) is 14.2. The van der Waals surface area contributed by atoms with Gasteiger partial charge in [0.15, 0.2) is 17.4 Å². The molecule has 2 aromatic heterocycles. The van der Waals surface area contributed by atoms with Crippen molar-refractivity contribution < 1.29 is 23.9 Å². The van der Waals surface area contributed by atoms with Crippen LogP contribution in [0.4, 0.5) is 5.69 Å². The van der Waals surface area contributed by atoms with Crippen LogP contribution in [0.3, 0.4) is 0 Å². The number of anilines is 1. The lowest BCUT2D eigenvalue weighted by Gasteiger charge is -2.39. The first-order valence-electron chi connectivity index (χ1n) is 16.2. The summed E-state index contributed by atoms with van der Waals surface area (Å²) in [7, 11) is 3.23. The second-order valence-corrected chi connectivity index (χ2v) is 12.0. The first kappa shape index (κ1) is 32.0. The van der Waals surface area contributed by atoms with Gasteiger partial charge in [0.1, 0.15) is 11.3 Å². The number of aromatic hydroxyl groups is 1. The minimum absolute atomic E-state index is 0.210. The number of amides is 1. The lowest BCUT2D eigenvalue weighted by atomic mass is 10.0. The molecule has 1 fully saturated rings. The summed E-state index contributed by atoms with van der Waals surface area (Å²) in [4.78, 5) is 17.6. The second-order valence-electron chi connectivity index (χ2n) is 12.0. The van der Waals surface area contributed by atoms with Gasteiger partial charge in [-0.2, -0.15) is 0 Å². The number of aromatic nitrogens is 2. The van der Waals surface area contributed by atoms with Crippen molar-refractivity contribution in [1.29, 1.82) is 0 Å². The maximum absolute atomic E-state index is 12.7. The number of ether oxygens (including phenoxy) is 2. The topological polar surface area (TPSA) is 105 Å². The Labute approximate surface area is 275 Å². The van der Waals surface area contributed by atoms with Crippen LogP contribution in [0.25, 0.3) is 10.8 Å². The number of benzene rings is 3. The highest BCUT2D eigenvalue weighted by Crippen LogP contribution is 2.41. The Hall–Kier alpha value is -4.96. The summed E-state index contributed by atoms with van der Waals surface area (Å²) < 4.78 is 18.1. The number of hydrogen-bond acceptors (Lipinski definition) is 8. The third-order valence-electron chi connectivity index (χ3n) is 9.38. The average molecular weight is 638 g/mol. The Morgan fingerprint density at radius 3 is 2.43 bits per heavy atom. The molecule has 6 rings (SSSR count). The summed E-state index contributed by atoms with van der Waals surface area (Å²) in [6, 6.07) is 22.8. The molecular formula is C37H43N5O5. The van der Waals surface area contributed by atoms with Gasteiger partial charge in [-0.1, -0.05) is 47.6 Å². The third kappa shape index (κ3) is 6.64. The number of fused-ring (bicyclic) bond motifs is 1. The van der Waals surface area contributed by atoms with E-state index in [4.69, 9.17) is 14.0 Å². The van der Waals surface area contributed by atoms with Crippen LogP contribution in [0, 0.1) is 6.92 Å². The van der Waals surface area contributed by atoms with Crippen molar-refractivity contribution in [1.82, 2.24) is 19.9 Å². The molecule has 0 aliphatic carbocycles. The summed E-state index contributed by atoms with van der Waals surface area (Å²) in [5.74, 6) is 1.73. The van der Waals surface area contributed by atoms with Crippen LogP contribution in [-0.2, 0) is 0 Å². The van der Waals surface area contributed by atoms with E-state index in [9.17, 15) is 9.90 Å². The number of hydrogen-bond donors (Lipinski definition) is 2. The highest BCUT2D eigenvalue weighted by atomic mass is 16.5. The van der Waals surface area contributed by atoms with Gasteiger partial charge in [-0.25, -0.2) is 0 Å². The molecule has 10 heteroatoms. The molecule has 5 aromatic rings. The van der Waals surface area contributed by atoms with Crippen LogP contribution in [-0.4, -0.2) is 72.6 Å². The van der Waals surface area contributed by atoms with Crippen molar-refractivity contribution in [2.75, 3.05) is 51.8 Å². The molecule has 3 aromatic carbocycles. The van der Waals surface area contributed by atoms with Gasteiger partial charge >= 0.3 is 0 Å². The highest BCUT2D eigenvalue weighted by Gasteiger charge is 2.26. The van der Waals surface area contributed by atoms with E-state index in [2.05, 4.69) is 69.8 Å². The molecule has 1 saturated heterocycles. The van der Waals surface area contributed by atoms with Gasteiger partial charge in [0, 0.05) is 61.4 Å². The van der Waals surface area contributed by atoms with Gasteiger partial charge in [0.2, 0.25) is 0 Å². The van der Waals surface area contributed by atoms with E-state index in [1.807, 2.05) is 34.9 Å². The molecule has 2 atom stereocenters. The van der Waals surface area contributed by atoms with Gasteiger partial charge in [-0.3, -0.25) is 9.69 Å². The monoisotopic (exact) mass is 637 g/mol. The van der Waals surface area contributed by atoms with E-state index in [1.54, 1.807) is 21.1 Å².